The van der Waals surface area contributed by atoms with Gasteiger partial charge in [0.1, 0.15) is 6.04 Å². The Balaban J connectivity index is 1.59. The highest BCUT2D eigenvalue weighted by Crippen LogP contribution is 2.28. The van der Waals surface area contributed by atoms with Crippen molar-refractivity contribution in [3.8, 4) is 0 Å². The number of rotatable bonds is 7. The Bertz CT molecular complexity index is 1260. The molecule has 8 heteroatoms. The molecule has 0 radical (unpaired) electrons. The molecule has 3 aromatic rings. The molecule has 8 nitrogen and oxygen atoms in total. The first-order chi connectivity index (χ1) is 15.9. The summed E-state index contributed by atoms with van der Waals surface area (Å²) in [6, 6.07) is 15.0. The lowest BCUT2D eigenvalue weighted by atomic mass is 9.82. The molecule has 3 N–H and O–H groups in total. The van der Waals surface area contributed by atoms with Gasteiger partial charge in [-0.2, -0.15) is 0 Å². The van der Waals surface area contributed by atoms with Crippen LogP contribution in [0.15, 0.2) is 64.2 Å². The fourth-order valence-corrected chi connectivity index (χ4v) is 4.57. The largest absolute Gasteiger partial charge is 0.481 e. The minimum atomic E-state index is -1.01. The minimum Gasteiger partial charge on any atom is -0.481 e. The summed E-state index contributed by atoms with van der Waals surface area (Å²) in [5.74, 6) is -1.32. The van der Waals surface area contributed by atoms with Crippen LogP contribution in [0.2, 0.25) is 0 Å². The van der Waals surface area contributed by atoms with E-state index >= 15 is 0 Å². The number of para-hydroxylation sites is 1. The summed E-state index contributed by atoms with van der Waals surface area (Å²) in [5, 5.41) is 12.4. The lowest BCUT2D eigenvalue weighted by Gasteiger charge is -2.27. The van der Waals surface area contributed by atoms with Gasteiger partial charge in [-0.1, -0.05) is 42.5 Å². The predicted octanol–water partition coefficient (Wildman–Crippen LogP) is 2.48. The van der Waals surface area contributed by atoms with E-state index in [2.05, 4.69) is 10.3 Å². The van der Waals surface area contributed by atoms with Crippen LogP contribution in [0.5, 0.6) is 0 Å². The number of nitrogens with zero attached hydrogens (tertiary/aromatic N) is 1. The van der Waals surface area contributed by atoms with Crippen LogP contribution >= 0.6 is 0 Å². The van der Waals surface area contributed by atoms with E-state index in [1.807, 2.05) is 30.3 Å². The molecule has 0 unspecified atom stereocenters. The highest BCUT2D eigenvalue weighted by Gasteiger charge is 2.29. The molecular weight excluding hydrogens is 422 g/mol. The summed E-state index contributed by atoms with van der Waals surface area (Å²) in [7, 11) is 0. The van der Waals surface area contributed by atoms with E-state index in [0.29, 0.717) is 30.3 Å². The maximum Gasteiger partial charge on any atom is 0.329 e. The summed E-state index contributed by atoms with van der Waals surface area (Å²) >= 11 is 0. The lowest BCUT2D eigenvalue weighted by Crippen LogP contribution is -2.46. The summed E-state index contributed by atoms with van der Waals surface area (Å²) in [4.78, 5) is 53.2. The van der Waals surface area contributed by atoms with Gasteiger partial charge < -0.3 is 15.4 Å². The molecule has 1 aliphatic rings. The van der Waals surface area contributed by atoms with Gasteiger partial charge in [0, 0.05) is 13.0 Å². The fourth-order valence-electron chi connectivity index (χ4n) is 4.57. The molecule has 1 heterocycles. The molecular formula is C25H27N3O5. The van der Waals surface area contributed by atoms with Crippen molar-refractivity contribution in [1.29, 1.82) is 0 Å². The van der Waals surface area contributed by atoms with E-state index < -0.39 is 29.2 Å². The molecule has 172 valence electrons. The third kappa shape index (κ3) is 5.05. The first-order valence-corrected chi connectivity index (χ1v) is 11.2. The van der Waals surface area contributed by atoms with Gasteiger partial charge >= 0.3 is 11.7 Å². The highest BCUT2D eigenvalue weighted by atomic mass is 16.4. The summed E-state index contributed by atoms with van der Waals surface area (Å²) in [6.07, 6.45) is 2.81. The Labute approximate surface area is 190 Å². The minimum absolute atomic E-state index is 0.175. The molecule has 0 saturated heterocycles. The number of hydrogen-bond acceptors (Lipinski definition) is 4. The molecule has 1 aromatic heterocycles. The standard InChI is InChI=1S/C25H27N3O5/c29-22(26-15-17-10-12-18(13-11-17)24(31)32)21(14-16-6-2-1-3-7-16)28-23(30)19-8-4-5-9-20(19)27-25(28)33/h1-9,17-18,21H,10-15H2,(H,26,29)(H,27,33)(H,31,32)/t17?,18?,21-/m0/s1. The van der Waals surface area contributed by atoms with Crippen LogP contribution in [-0.4, -0.2) is 33.1 Å². The van der Waals surface area contributed by atoms with Gasteiger partial charge in [0.25, 0.3) is 5.56 Å². The Morgan fingerprint density at radius 1 is 1.00 bits per heavy atom. The van der Waals surface area contributed by atoms with Crippen LogP contribution in [0.25, 0.3) is 10.9 Å². The number of nitrogens with one attached hydrogen (secondary N) is 2. The van der Waals surface area contributed by atoms with Gasteiger partial charge in [-0.25, -0.2) is 9.36 Å². The number of hydrogen-bond donors (Lipinski definition) is 3. The van der Waals surface area contributed by atoms with Crippen LogP contribution in [0, 0.1) is 11.8 Å². The predicted molar refractivity (Wildman–Crippen MR) is 124 cm³/mol. The van der Waals surface area contributed by atoms with Crippen molar-refractivity contribution < 1.29 is 14.7 Å². The average Bonchev–Trinajstić information content (AvgIpc) is 2.83. The molecule has 0 bridgehead atoms. The molecule has 0 aliphatic heterocycles. The third-order valence-corrected chi connectivity index (χ3v) is 6.48. The third-order valence-electron chi connectivity index (χ3n) is 6.48. The first kappa shape index (κ1) is 22.5. The normalized spacial score (nSPS) is 19.2. The van der Waals surface area contributed by atoms with Crippen LogP contribution in [0.1, 0.15) is 37.3 Å². The van der Waals surface area contributed by atoms with Gasteiger partial charge in [-0.3, -0.25) is 14.4 Å². The maximum absolute atomic E-state index is 13.3. The molecule has 2 aromatic carbocycles. The van der Waals surface area contributed by atoms with Gasteiger partial charge in [0.15, 0.2) is 0 Å². The lowest BCUT2D eigenvalue weighted by molar-refractivity contribution is -0.143. The number of fused-ring (bicyclic) bond motifs is 1. The second kappa shape index (κ2) is 9.85. The van der Waals surface area contributed by atoms with Crippen molar-refractivity contribution in [1.82, 2.24) is 14.9 Å². The topological polar surface area (TPSA) is 121 Å². The number of aliphatic carboxylic acids is 1. The molecule has 1 fully saturated rings. The van der Waals surface area contributed by atoms with E-state index in [1.54, 1.807) is 24.3 Å². The van der Waals surface area contributed by atoms with Crippen molar-refractivity contribution >= 4 is 22.8 Å². The van der Waals surface area contributed by atoms with Crippen LogP contribution in [-0.2, 0) is 16.0 Å². The number of carboxylic acid groups (broad SMARTS) is 1. The Morgan fingerprint density at radius 3 is 2.36 bits per heavy atom. The van der Waals surface area contributed by atoms with Crippen LogP contribution < -0.4 is 16.6 Å². The number of carbonyl (C=O) groups excluding carboxylic acids is 1. The average molecular weight is 450 g/mol. The van der Waals surface area contributed by atoms with Gasteiger partial charge in [-0.05, 0) is 49.3 Å². The van der Waals surface area contributed by atoms with Gasteiger partial charge in [-0.15, -0.1) is 0 Å². The van der Waals surface area contributed by atoms with Gasteiger partial charge in [0.2, 0.25) is 5.91 Å². The Morgan fingerprint density at radius 2 is 1.67 bits per heavy atom. The molecule has 0 spiro atoms. The Hall–Kier alpha value is -3.68. The number of carboxylic acids is 1. The smallest absolute Gasteiger partial charge is 0.329 e. The molecule has 1 atom stereocenters. The molecule has 1 aliphatic carbocycles. The van der Waals surface area contributed by atoms with Crippen molar-refractivity contribution in [2.24, 2.45) is 11.8 Å². The monoisotopic (exact) mass is 449 g/mol. The maximum atomic E-state index is 13.3. The zero-order chi connectivity index (χ0) is 23.4. The van der Waals surface area contributed by atoms with Crippen LogP contribution in [0.4, 0.5) is 0 Å². The van der Waals surface area contributed by atoms with Crippen molar-refractivity contribution in [3.63, 3.8) is 0 Å². The SMILES string of the molecule is O=C(O)C1CCC(CNC(=O)[C@H](Cc2ccccc2)n2c(=O)[nH]c3ccccc3c2=O)CC1. The Kier molecular flexibility index (Phi) is 6.72. The van der Waals surface area contributed by atoms with Crippen molar-refractivity contribution in [2.75, 3.05) is 6.54 Å². The quantitative estimate of drug-likeness (QED) is 0.512. The van der Waals surface area contributed by atoms with E-state index in [-0.39, 0.29) is 18.3 Å². The molecule has 1 amide bonds. The number of aromatic amines is 1. The van der Waals surface area contributed by atoms with Crippen molar-refractivity contribution in [2.45, 2.75) is 38.1 Å². The molecule has 33 heavy (non-hydrogen) atoms. The zero-order valence-electron chi connectivity index (χ0n) is 18.2. The summed E-state index contributed by atoms with van der Waals surface area (Å²) in [5.41, 5.74) is 0.126. The number of H-pyrrole nitrogens is 1. The van der Waals surface area contributed by atoms with E-state index in [1.165, 1.54) is 0 Å². The van der Waals surface area contributed by atoms with Crippen LogP contribution in [0.3, 0.4) is 0 Å². The van der Waals surface area contributed by atoms with E-state index in [9.17, 15) is 24.3 Å². The summed E-state index contributed by atoms with van der Waals surface area (Å²) < 4.78 is 1.01. The highest BCUT2D eigenvalue weighted by molar-refractivity contribution is 5.82. The molecule has 4 rings (SSSR count). The zero-order valence-corrected chi connectivity index (χ0v) is 18.2. The molecule has 1 saturated carbocycles. The number of benzene rings is 2. The first-order valence-electron chi connectivity index (χ1n) is 11.2. The second-order valence-electron chi connectivity index (χ2n) is 8.66. The van der Waals surface area contributed by atoms with E-state index in [0.717, 1.165) is 23.0 Å². The fraction of sp³-hybridized carbons (Fsp3) is 0.360. The summed E-state index contributed by atoms with van der Waals surface area (Å²) in [6.45, 7) is 0.386. The number of aromatic nitrogens is 2. The van der Waals surface area contributed by atoms with Crippen molar-refractivity contribution in [3.05, 3.63) is 81.0 Å². The van der Waals surface area contributed by atoms with Gasteiger partial charge in [0.05, 0.1) is 16.8 Å². The second-order valence-corrected chi connectivity index (χ2v) is 8.66. The number of amides is 1. The number of carbonyl (C=O) groups is 2. The van der Waals surface area contributed by atoms with E-state index in [4.69, 9.17) is 0 Å².